The van der Waals surface area contributed by atoms with E-state index in [2.05, 4.69) is 26.4 Å². The van der Waals surface area contributed by atoms with Crippen molar-refractivity contribution in [1.82, 2.24) is 24.4 Å². The molecule has 2 amide bonds. The summed E-state index contributed by atoms with van der Waals surface area (Å²) in [6.07, 6.45) is 8.62. The van der Waals surface area contributed by atoms with Crippen molar-refractivity contribution in [3.63, 3.8) is 0 Å². The Balaban J connectivity index is 1.22. The highest BCUT2D eigenvalue weighted by Crippen LogP contribution is 2.19. The molecular weight excluding hydrogens is 434 g/mol. The van der Waals surface area contributed by atoms with Crippen molar-refractivity contribution in [3.05, 3.63) is 54.6 Å². The maximum Gasteiger partial charge on any atom is 0.248 e. The molecule has 3 aromatic rings. The molecule has 2 aromatic heterocycles. The molecule has 0 bridgehead atoms. The van der Waals surface area contributed by atoms with Gasteiger partial charge in [-0.2, -0.15) is 0 Å². The van der Waals surface area contributed by atoms with Gasteiger partial charge in [-0.25, -0.2) is 15.0 Å². The van der Waals surface area contributed by atoms with Crippen LogP contribution in [0.5, 0.6) is 0 Å². The second kappa shape index (κ2) is 10.4. The lowest BCUT2D eigenvalue weighted by atomic mass is 10.0. The number of piperidine rings is 1. The number of rotatable bonds is 9. The van der Waals surface area contributed by atoms with E-state index in [0.717, 1.165) is 42.5 Å². The number of carbonyl (C=O) groups excluding carboxylic acids is 2. The van der Waals surface area contributed by atoms with Gasteiger partial charge in [0, 0.05) is 56.2 Å². The molecule has 0 aliphatic carbocycles. The lowest BCUT2D eigenvalue weighted by Crippen LogP contribution is -2.47. The van der Waals surface area contributed by atoms with Crippen LogP contribution in [-0.2, 0) is 16.1 Å². The highest BCUT2D eigenvalue weighted by molar-refractivity contribution is 5.96. The number of hydrogen-bond acceptors (Lipinski definition) is 7. The minimum absolute atomic E-state index is 0.0159. The number of carbonyl (C=O) groups is 2. The molecule has 0 spiro atoms. The van der Waals surface area contributed by atoms with Gasteiger partial charge in [-0.05, 0) is 31.0 Å². The van der Waals surface area contributed by atoms with Crippen molar-refractivity contribution >= 4 is 34.9 Å². The largest absolute Gasteiger partial charge is 0.370 e. The van der Waals surface area contributed by atoms with Crippen molar-refractivity contribution in [2.45, 2.75) is 25.4 Å². The average molecular weight is 464 g/mol. The quantitative estimate of drug-likeness (QED) is 0.480. The molecule has 2 N–H and O–H groups in total. The zero-order chi connectivity index (χ0) is 24.1. The third-order valence-electron chi connectivity index (χ3n) is 6.19. The summed E-state index contributed by atoms with van der Waals surface area (Å²) in [5.74, 6) is 0.177. The molecule has 1 aromatic carbocycles. The molecule has 3 heterocycles. The molecule has 1 aliphatic heterocycles. The van der Waals surface area contributed by atoms with Gasteiger partial charge < -0.3 is 24.8 Å². The van der Waals surface area contributed by atoms with Crippen LogP contribution in [0.1, 0.15) is 28.8 Å². The van der Waals surface area contributed by atoms with Gasteiger partial charge in [0.25, 0.3) is 0 Å². The zero-order valence-electron chi connectivity index (χ0n) is 19.3. The monoisotopic (exact) mass is 463 g/mol. The summed E-state index contributed by atoms with van der Waals surface area (Å²) in [5, 5.41) is 0. The van der Waals surface area contributed by atoms with E-state index in [-0.39, 0.29) is 18.6 Å². The number of benzene rings is 1. The minimum Gasteiger partial charge on any atom is -0.370 e. The van der Waals surface area contributed by atoms with Crippen LogP contribution in [0.25, 0.3) is 17.1 Å². The van der Waals surface area contributed by atoms with Gasteiger partial charge in [-0.3, -0.25) is 9.59 Å². The van der Waals surface area contributed by atoms with Gasteiger partial charge in [-0.15, -0.1) is 0 Å². The van der Waals surface area contributed by atoms with Gasteiger partial charge in [0.2, 0.25) is 17.8 Å². The SMILES string of the molecule is C=Cc1cnc(N2CCC(N(C)C(=O)COCCn3cnc4ccc(C(N)=O)cc43)CC2)nc1. The van der Waals surface area contributed by atoms with Crippen molar-refractivity contribution in [3.8, 4) is 0 Å². The van der Waals surface area contributed by atoms with E-state index in [4.69, 9.17) is 10.5 Å². The molecule has 1 saturated heterocycles. The Morgan fingerprint density at radius 3 is 2.65 bits per heavy atom. The van der Waals surface area contributed by atoms with Crippen LogP contribution in [-0.4, -0.2) is 75.6 Å². The number of fused-ring (bicyclic) bond motifs is 1. The molecule has 0 atom stereocenters. The first kappa shape index (κ1) is 23.4. The van der Waals surface area contributed by atoms with E-state index < -0.39 is 5.91 Å². The molecule has 34 heavy (non-hydrogen) atoms. The van der Waals surface area contributed by atoms with E-state index in [1.807, 2.05) is 11.6 Å². The number of likely N-dealkylation sites (N-methyl/N-ethyl adjacent to an activating group) is 1. The normalized spacial score (nSPS) is 14.3. The number of nitrogens with two attached hydrogens (primary N) is 1. The van der Waals surface area contributed by atoms with E-state index in [1.54, 1.807) is 47.9 Å². The third kappa shape index (κ3) is 5.23. The summed E-state index contributed by atoms with van der Waals surface area (Å²) >= 11 is 0. The first-order valence-electron chi connectivity index (χ1n) is 11.2. The summed E-state index contributed by atoms with van der Waals surface area (Å²) in [4.78, 5) is 41.1. The third-order valence-corrected chi connectivity index (χ3v) is 6.19. The van der Waals surface area contributed by atoms with Crippen molar-refractivity contribution < 1.29 is 14.3 Å². The zero-order valence-corrected chi connectivity index (χ0v) is 19.3. The predicted octanol–water partition coefficient (Wildman–Crippen LogP) is 1.71. The summed E-state index contributed by atoms with van der Waals surface area (Å²) in [6, 6.07) is 5.29. The Morgan fingerprint density at radius 2 is 1.97 bits per heavy atom. The number of primary amides is 1. The summed E-state index contributed by atoms with van der Waals surface area (Å²) in [5.41, 5.74) is 8.26. The van der Waals surface area contributed by atoms with Gasteiger partial charge in [0.15, 0.2) is 0 Å². The molecule has 0 unspecified atom stereocenters. The van der Waals surface area contributed by atoms with Crippen LogP contribution in [0.2, 0.25) is 0 Å². The van der Waals surface area contributed by atoms with Crippen LogP contribution in [0.3, 0.4) is 0 Å². The fourth-order valence-electron chi connectivity index (χ4n) is 4.07. The highest BCUT2D eigenvalue weighted by Gasteiger charge is 2.26. The number of nitrogens with zero attached hydrogens (tertiary/aromatic N) is 6. The molecule has 0 radical (unpaired) electrons. The molecular formula is C24H29N7O3. The van der Waals surface area contributed by atoms with E-state index in [0.29, 0.717) is 24.7 Å². The smallest absolute Gasteiger partial charge is 0.248 e. The van der Waals surface area contributed by atoms with Crippen molar-refractivity contribution in [2.24, 2.45) is 5.73 Å². The van der Waals surface area contributed by atoms with Crippen LogP contribution < -0.4 is 10.6 Å². The second-order valence-corrected chi connectivity index (χ2v) is 8.30. The second-order valence-electron chi connectivity index (χ2n) is 8.30. The van der Waals surface area contributed by atoms with Gasteiger partial charge in [0.05, 0.1) is 24.0 Å². The Hall–Kier alpha value is -3.79. The number of hydrogen-bond donors (Lipinski definition) is 1. The van der Waals surface area contributed by atoms with Gasteiger partial charge in [-0.1, -0.05) is 12.7 Å². The maximum atomic E-state index is 12.6. The van der Waals surface area contributed by atoms with Crippen LogP contribution >= 0.6 is 0 Å². The van der Waals surface area contributed by atoms with E-state index in [9.17, 15) is 9.59 Å². The molecule has 178 valence electrons. The fourth-order valence-corrected chi connectivity index (χ4v) is 4.07. The average Bonchev–Trinajstić information content (AvgIpc) is 3.28. The van der Waals surface area contributed by atoms with Gasteiger partial charge in [0.1, 0.15) is 6.61 Å². The van der Waals surface area contributed by atoms with Crippen molar-refractivity contribution in [1.29, 1.82) is 0 Å². The topological polar surface area (TPSA) is 119 Å². The fraction of sp³-hybridized carbons (Fsp3) is 0.375. The number of ether oxygens (including phenoxy) is 1. The van der Waals surface area contributed by atoms with Crippen LogP contribution in [0.15, 0.2) is 43.5 Å². The first-order chi connectivity index (χ1) is 16.5. The number of aromatic nitrogens is 4. The molecule has 1 aliphatic rings. The van der Waals surface area contributed by atoms with Crippen LogP contribution in [0.4, 0.5) is 5.95 Å². The Labute approximate surface area is 198 Å². The first-order valence-corrected chi connectivity index (χ1v) is 11.2. The Morgan fingerprint density at radius 1 is 1.24 bits per heavy atom. The Kier molecular flexibility index (Phi) is 7.17. The predicted molar refractivity (Wildman–Crippen MR) is 129 cm³/mol. The molecule has 4 rings (SSSR count). The van der Waals surface area contributed by atoms with E-state index in [1.165, 1.54) is 0 Å². The molecule has 10 heteroatoms. The summed E-state index contributed by atoms with van der Waals surface area (Å²) in [6.45, 7) is 6.18. The molecule has 0 saturated carbocycles. The summed E-state index contributed by atoms with van der Waals surface area (Å²) in [7, 11) is 1.83. The summed E-state index contributed by atoms with van der Waals surface area (Å²) < 4.78 is 7.53. The maximum absolute atomic E-state index is 12.6. The van der Waals surface area contributed by atoms with Crippen LogP contribution in [0, 0.1) is 0 Å². The van der Waals surface area contributed by atoms with E-state index >= 15 is 0 Å². The minimum atomic E-state index is -0.483. The van der Waals surface area contributed by atoms with Crippen molar-refractivity contribution in [2.75, 3.05) is 38.3 Å². The standard InChI is InChI=1S/C24H29N7O3/c1-3-17-13-26-24(27-14-17)30-8-6-19(7-9-30)29(2)22(32)15-34-11-10-31-16-28-20-5-4-18(23(25)33)12-21(20)31/h3-5,12-14,16,19H,1,6-11,15H2,2H3,(H2,25,33). The molecule has 10 nitrogen and oxygen atoms in total. The number of imidazole rings is 1. The highest BCUT2D eigenvalue weighted by atomic mass is 16.5. The number of amides is 2. The Bertz CT molecular complexity index is 1170. The van der Waals surface area contributed by atoms with Gasteiger partial charge >= 0.3 is 0 Å². The number of anilines is 1. The lowest BCUT2D eigenvalue weighted by Gasteiger charge is -2.36. The lowest BCUT2D eigenvalue weighted by molar-refractivity contribution is -0.137. The molecule has 1 fully saturated rings.